The second-order valence-corrected chi connectivity index (χ2v) is 5.01. The average molecular weight is 238 g/mol. The van der Waals surface area contributed by atoms with Gasteiger partial charge in [-0.1, -0.05) is 6.92 Å². The monoisotopic (exact) mass is 238 g/mol. The van der Waals surface area contributed by atoms with Crippen LogP contribution in [0.1, 0.15) is 38.4 Å². The summed E-state index contributed by atoms with van der Waals surface area (Å²) in [6, 6.07) is 0. The lowest BCUT2D eigenvalue weighted by Crippen LogP contribution is -2.42. The maximum Gasteiger partial charge on any atom is 0.219 e. The van der Waals surface area contributed by atoms with Gasteiger partial charge in [0, 0.05) is 37.3 Å². The minimum atomic E-state index is -0.288. The number of hydrogen-bond donors (Lipinski definition) is 2. The molecule has 0 aliphatic carbocycles. The summed E-state index contributed by atoms with van der Waals surface area (Å²) in [5.74, 6) is -0.288. The third-order valence-corrected chi connectivity index (χ3v) is 2.70. The van der Waals surface area contributed by atoms with E-state index in [4.69, 9.17) is 5.73 Å². The van der Waals surface area contributed by atoms with Crippen molar-refractivity contribution in [2.45, 2.75) is 45.7 Å². The molecule has 1 aromatic heterocycles. The van der Waals surface area contributed by atoms with Gasteiger partial charge >= 0.3 is 0 Å². The number of hydrogen-bond acceptors (Lipinski definition) is 3. The summed E-state index contributed by atoms with van der Waals surface area (Å²) in [4.78, 5) is 10.9. The van der Waals surface area contributed by atoms with Crippen LogP contribution in [0.5, 0.6) is 0 Å². The molecule has 1 aromatic rings. The first-order chi connectivity index (χ1) is 7.84. The molecule has 0 aliphatic heterocycles. The van der Waals surface area contributed by atoms with Crippen LogP contribution in [-0.2, 0) is 24.8 Å². The molecule has 0 atom stereocenters. The van der Waals surface area contributed by atoms with Crippen LogP contribution < -0.4 is 11.1 Å². The standard InChI is InChI=1S/C12H22N4O/c1-5-10-9(8-16(4)15-10)7-14-12(2,3)6-11(13)17/h8,14H,5-7H2,1-4H3,(H2,13,17). The third kappa shape index (κ3) is 4.19. The Morgan fingerprint density at radius 1 is 1.59 bits per heavy atom. The first-order valence-electron chi connectivity index (χ1n) is 5.89. The summed E-state index contributed by atoms with van der Waals surface area (Å²) in [7, 11) is 1.91. The molecule has 0 fully saturated rings. The Morgan fingerprint density at radius 3 is 2.76 bits per heavy atom. The summed E-state index contributed by atoms with van der Waals surface area (Å²) >= 11 is 0. The Balaban J connectivity index is 2.63. The molecule has 96 valence electrons. The van der Waals surface area contributed by atoms with Gasteiger partial charge in [-0.05, 0) is 20.3 Å². The molecule has 5 heteroatoms. The van der Waals surface area contributed by atoms with Crippen molar-refractivity contribution in [3.63, 3.8) is 0 Å². The van der Waals surface area contributed by atoms with Gasteiger partial charge < -0.3 is 11.1 Å². The zero-order chi connectivity index (χ0) is 13.1. The van der Waals surface area contributed by atoms with E-state index in [-0.39, 0.29) is 11.4 Å². The molecule has 0 saturated carbocycles. The van der Waals surface area contributed by atoms with Gasteiger partial charge in [-0.2, -0.15) is 5.10 Å². The van der Waals surface area contributed by atoms with Gasteiger partial charge in [0.05, 0.1) is 5.69 Å². The highest BCUT2D eigenvalue weighted by atomic mass is 16.1. The fraction of sp³-hybridized carbons (Fsp3) is 0.667. The van der Waals surface area contributed by atoms with E-state index < -0.39 is 0 Å². The second-order valence-electron chi connectivity index (χ2n) is 5.01. The Morgan fingerprint density at radius 2 is 2.24 bits per heavy atom. The number of amides is 1. The number of nitrogens with zero attached hydrogens (tertiary/aromatic N) is 2. The molecule has 0 radical (unpaired) electrons. The predicted molar refractivity (Wildman–Crippen MR) is 67.3 cm³/mol. The van der Waals surface area contributed by atoms with E-state index in [2.05, 4.69) is 17.3 Å². The van der Waals surface area contributed by atoms with E-state index in [1.807, 2.05) is 31.8 Å². The Kier molecular flexibility index (Phi) is 4.28. The molecule has 0 bridgehead atoms. The van der Waals surface area contributed by atoms with E-state index in [9.17, 15) is 4.79 Å². The predicted octanol–water partition coefficient (Wildman–Crippen LogP) is 0.726. The van der Waals surface area contributed by atoms with Crippen molar-refractivity contribution in [2.24, 2.45) is 12.8 Å². The number of carbonyl (C=O) groups is 1. The van der Waals surface area contributed by atoms with Gasteiger partial charge in [0.15, 0.2) is 0 Å². The molecule has 1 heterocycles. The van der Waals surface area contributed by atoms with Crippen LogP contribution in [0.2, 0.25) is 0 Å². The Labute approximate surface area is 102 Å². The smallest absolute Gasteiger partial charge is 0.219 e. The topological polar surface area (TPSA) is 72.9 Å². The number of aromatic nitrogens is 2. The number of rotatable bonds is 6. The zero-order valence-electron chi connectivity index (χ0n) is 11.1. The lowest BCUT2D eigenvalue weighted by atomic mass is 10.00. The molecular weight excluding hydrogens is 216 g/mol. The van der Waals surface area contributed by atoms with Crippen molar-refractivity contribution in [3.05, 3.63) is 17.5 Å². The van der Waals surface area contributed by atoms with Gasteiger partial charge in [-0.15, -0.1) is 0 Å². The van der Waals surface area contributed by atoms with E-state index in [0.717, 1.165) is 12.1 Å². The molecule has 0 aromatic carbocycles. The van der Waals surface area contributed by atoms with Crippen LogP contribution in [0.3, 0.4) is 0 Å². The summed E-state index contributed by atoms with van der Waals surface area (Å²) in [6.45, 7) is 6.73. The van der Waals surface area contributed by atoms with Crippen LogP contribution in [0.4, 0.5) is 0 Å². The van der Waals surface area contributed by atoms with Crippen LogP contribution in [-0.4, -0.2) is 21.2 Å². The largest absolute Gasteiger partial charge is 0.370 e. The van der Waals surface area contributed by atoms with Crippen molar-refractivity contribution < 1.29 is 4.79 Å². The maximum atomic E-state index is 10.9. The normalized spacial score (nSPS) is 11.8. The summed E-state index contributed by atoms with van der Waals surface area (Å²) < 4.78 is 1.82. The molecular formula is C12H22N4O. The van der Waals surface area contributed by atoms with Crippen LogP contribution in [0.25, 0.3) is 0 Å². The van der Waals surface area contributed by atoms with Gasteiger partial charge in [0.25, 0.3) is 0 Å². The molecule has 17 heavy (non-hydrogen) atoms. The fourth-order valence-electron chi connectivity index (χ4n) is 1.86. The SMILES string of the molecule is CCc1nn(C)cc1CNC(C)(C)CC(N)=O. The molecule has 0 spiro atoms. The van der Waals surface area contributed by atoms with Gasteiger partial charge in [0.1, 0.15) is 0 Å². The highest BCUT2D eigenvalue weighted by Gasteiger charge is 2.20. The van der Waals surface area contributed by atoms with Crippen LogP contribution >= 0.6 is 0 Å². The Bertz CT molecular complexity index is 395. The first-order valence-corrected chi connectivity index (χ1v) is 5.89. The second kappa shape index (κ2) is 5.31. The lowest BCUT2D eigenvalue weighted by molar-refractivity contribution is -0.119. The molecule has 0 aliphatic rings. The quantitative estimate of drug-likeness (QED) is 0.767. The van der Waals surface area contributed by atoms with Crippen molar-refractivity contribution in [1.82, 2.24) is 15.1 Å². The minimum Gasteiger partial charge on any atom is -0.370 e. The van der Waals surface area contributed by atoms with E-state index in [1.165, 1.54) is 5.56 Å². The number of carbonyl (C=O) groups excluding carboxylic acids is 1. The van der Waals surface area contributed by atoms with Gasteiger partial charge in [0.2, 0.25) is 5.91 Å². The van der Waals surface area contributed by atoms with Crippen molar-refractivity contribution in [3.8, 4) is 0 Å². The maximum absolute atomic E-state index is 10.9. The van der Waals surface area contributed by atoms with Crippen LogP contribution in [0, 0.1) is 0 Å². The summed E-state index contributed by atoms with van der Waals surface area (Å²) in [6.07, 6.45) is 3.25. The lowest BCUT2D eigenvalue weighted by Gasteiger charge is -2.24. The average Bonchev–Trinajstić information content (AvgIpc) is 2.54. The fourth-order valence-corrected chi connectivity index (χ4v) is 1.86. The molecule has 3 N–H and O–H groups in total. The van der Waals surface area contributed by atoms with E-state index in [1.54, 1.807) is 0 Å². The summed E-state index contributed by atoms with van der Waals surface area (Å²) in [5, 5.41) is 7.72. The molecule has 1 rings (SSSR count). The summed E-state index contributed by atoms with van der Waals surface area (Å²) in [5.41, 5.74) is 7.19. The van der Waals surface area contributed by atoms with Gasteiger partial charge in [-0.3, -0.25) is 9.48 Å². The Hall–Kier alpha value is -1.36. The zero-order valence-corrected chi connectivity index (χ0v) is 11.1. The van der Waals surface area contributed by atoms with E-state index >= 15 is 0 Å². The minimum absolute atomic E-state index is 0.285. The molecule has 0 saturated heterocycles. The van der Waals surface area contributed by atoms with Crippen molar-refractivity contribution in [1.29, 1.82) is 0 Å². The van der Waals surface area contributed by atoms with Crippen LogP contribution in [0.15, 0.2) is 6.20 Å². The molecule has 1 amide bonds. The highest BCUT2D eigenvalue weighted by Crippen LogP contribution is 2.12. The molecule has 5 nitrogen and oxygen atoms in total. The number of primary amides is 1. The van der Waals surface area contributed by atoms with Crippen molar-refractivity contribution in [2.75, 3.05) is 0 Å². The number of nitrogens with two attached hydrogens (primary N) is 1. The van der Waals surface area contributed by atoms with Crippen molar-refractivity contribution >= 4 is 5.91 Å². The molecule has 0 unspecified atom stereocenters. The number of nitrogens with one attached hydrogen (secondary N) is 1. The third-order valence-electron chi connectivity index (χ3n) is 2.70. The number of aryl methyl sites for hydroxylation is 2. The van der Waals surface area contributed by atoms with Gasteiger partial charge in [-0.25, -0.2) is 0 Å². The first kappa shape index (κ1) is 13.7. The highest BCUT2D eigenvalue weighted by molar-refractivity contribution is 5.74. The van der Waals surface area contributed by atoms with E-state index in [0.29, 0.717) is 13.0 Å².